The molecule has 1 aromatic rings. The third-order valence-corrected chi connectivity index (χ3v) is 5.73. The molecule has 1 aliphatic heterocycles. The first-order valence-electron chi connectivity index (χ1n) is 11.5. The molecule has 0 radical (unpaired) electrons. The third-order valence-electron chi connectivity index (χ3n) is 5.73. The van der Waals surface area contributed by atoms with Crippen LogP contribution in [0.3, 0.4) is 0 Å². The van der Waals surface area contributed by atoms with Crippen LogP contribution in [0.1, 0.15) is 50.3 Å². The fourth-order valence-electron chi connectivity index (χ4n) is 3.83. The Morgan fingerprint density at radius 2 is 1.84 bits per heavy atom. The average molecular weight is 547 g/mol. The van der Waals surface area contributed by atoms with Gasteiger partial charge in [0.25, 0.3) is 0 Å². The summed E-state index contributed by atoms with van der Waals surface area (Å²) in [7, 11) is 6.00. The van der Waals surface area contributed by atoms with Crippen LogP contribution in [0.25, 0.3) is 0 Å². The number of ether oxygens (including phenoxy) is 2. The van der Waals surface area contributed by atoms with Crippen molar-refractivity contribution in [1.82, 2.24) is 15.1 Å². The van der Waals surface area contributed by atoms with Gasteiger partial charge in [0, 0.05) is 40.0 Å². The summed E-state index contributed by atoms with van der Waals surface area (Å²) in [6.07, 6.45) is 4.49. The molecule has 0 aliphatic carbocycles. The number of piperidine rings is 1. The van der Waals surface area contributed by atoms with Gasteiger partial charge in [-0.3, -0.25) is 4.99 Å². The van der Waals surface area contributed by atoms with Gasteiger partial charge in [-0.15, -0.1) is 24.0 Å². The number of aliphatic imine (C=N–C) groups is 1. The minimum atomic E-state index is 0. The highest BCUT2D eigenvalue weighted by Crippen LogP contribution is 2.20. The molecule has 7 heteroatoms. The Hall–Kier alpha value is -0.900. The molecule has 2 rings (SSSR count). The maximum Gasteiger partial charge on any atom is 0.193 e. The van der Waals surface area contributed by atoms with Crippen molar-refractivity contribution in [3.05, 3.63) is 35.4 Å². The van der Waals surface area contributed by atoms with E-state index in [2.05, 4.69) is 67.3 Å². The highest BCUT2D eigenvalue weighted by atomic mass is 127. The van der Waals surface area contributed by atoms with Gasteiger partial charge < -0.3 is 24.6 Å². The largest absolute Gasteiger partial charge is 0.385 e. The number of halogens is 1. The zero-order valence-corrected chi connectivity index (χ0v) is 22.4. The van der Waals surface area contributed by atoms with E-state index in [-0.39, 0.29) is 30.0 Å². The van der Waals surface area contributed by atoms with Gasteiger partial charge >= 0.3 is 0 Å². The Kier molecular flexibility index (Phi) is 14.4. The summed E-state index contributed by atoms with van der Waals surface area (Å²) in [5.74, 6) is 1.02. The number of likely N-dealkylation sites (tertiary alicyclic amines) is 1. The van der Waals surface area contributed by atoms with Crippen LogP contribution in [0.5, 0.6) is 0 Å². The predicted octanol–water partition coefficient (Wildman–Crippen LogP) is 3.95. The Labute approximate surface area is 206 Å². The molecule has 0 saturated carbocycles. The number of nitrogens with zero attached hydrogens (tertiary/aromatic N) is 3. The second kappa shape index (κ2) is 15.8. The van der Waals surface area contributed by atoms with E-state index in [1.54, 1.807) is 7.11 Å². The number of aryl methyl sites for hydroxylation is 1. The standard InChI is InChI=1S/C24H42N4O2.HI/c1-6-20-9-11-21(12-10-20)23(27(3)4)19-26-24(25-7-2)28-15-13-22(14-16-28)30-18-8-17-29-5;/h9-12,22-23H,6-8,13-19H2,1-5H3,(H,25,26);1H. The normalized spacial score (nSPS) is 16.3. The second-order valence-corrected chi connectivity index (χ2v) is 8.17. The predicted molar refractivity (Wildman–Crippen MR) is 141 cm³/mol. The van der Waals surface area contributed by atoms with Gasteiger partial charge in [-0.1, -0.05) is 31.2 Å². The molecule has 1 heterocycles. The fraction of sp³-hybridized carbons (Fsp3) is 0.708. The highest BCUT2D eigenvalue weighted by molar-refractivity contribution is 14.0. The molecular weight excluding hydrogens is 503 g/mol. The van der Waals surface area contributed by atoms with Crippen molar-refractivity contribution < 1.29 is 9.47 Å². The van der Waals surface area contributed by atoms with E-state index in [0.29, 0.717) is 6.10 Å². The van der Waals surface area contributed by atoms with Crippen LogP contribution >= 0.6 is 24.0 Å². The van der Waals surface area contributed by atoms with E-state index in [4.69, 9.17) is 14.5 Å². The minimum absolute atomic E-state index is 0. The molecule has 0 bridgehead atoms. The molecular formula is C24H43IN4O2. The van der Waals surface area contributed by atoms with Gasteiger partial charge in [0.15, 0.2) is 5.96 Å². The highest BCUT2D eigenvalue weighted by Gasteiger charge is 2.22. The molecule has 178 valence electrons. The number of hydrogen-bond donors (Lipinski definition) is 1. The summed E-state index contributed by atoms with van der Waals surface area (Å²) in [4.78, 5) is 9.66. The van der Waals surface area contributed by atoms with E-state index >= 15 is 0 Å². The quantitative estimate of drug-likeness (QED) is 0.197. The van der Waals surface area contributed by atoms with Crippen molar-refractivity contribution in [3.63, 3.8) is 0 Å². The first-order chi connectivity index (χ1) is 14.6. The number of guanidine groups is 1. The summed E-state index contributed by atoms with van der Waals surface area (Å²) in [6, 6.07) is 9.23. The number of hydrogen-bond acceptors (Lipinski definition) is 4. The van der Waals surface area contributed by atoms with Gasteiger partial charge in [0.2, 0.25) is 0 Å². The molecule has 0 spiro atoms. The lowest BCUT2D eigenvalue weighted by Crippen LogP contribution is -2.47. The van der Waals surface area contributed by atoms with E-state index in [1.165, 1.54) is 11.1 Å². The Balaban J connectivity index is 0.00000480. The number of methoxy groups -OCH3 is 1. The van der Waals surface area contributed by atoms with Crippen molar-refractivity contribution in [1.29, 1.82) is 0 Å². The molecule has 1 aromatic carbocycles. The topological polar surface area (TPSA) is 49.3 Å². The molecule has 1 aliphatic rings. The lowest BCUT2D eigenvalue weighted by molar-refractivity contribution is 0.00989. The summed E-state index contributed by atoms with van der Waals surface area (Å²) in [6.45, 7) is 9.47. The van der Waals surface area contributed by atoms with Crippen molar-refractivity contribution in [2.75, 3.05) is 60.6 Å². The summed E-state index contributed by atoms with van der Waals surface area (Å²) in [5, 5.41) is 3.49. The maximum atomic E-state index is 6.01. The van der Waals surface area contributed by atoms with Crippen molar-refractivity contribution in [3.8, 4) is 0 Å². The smallest absolute Gasteiger partial charge is 0.193 e. The summed E-state index contributed by atoms with van der Waals surface area (Å²) in [5.41, 5.74) is 2.69. The van der Waals surface area contributed by atoms with Crippen LogP contribution < -0.4 is 5.32 Å². The molecule has 0 aromatic heterocycles. The van der Waals surface area contributed by atoms with Gasteiger partial charge in [-0.2, -0.15) is 0 Å². The van der Waals surface area contributed by atoms with Gasteiger partial charge in [0.05, 0.1) is 18.7 Å². The van der Waals surface area contributed by atoms with E-state index in [0.717, 1.165) is 71.0 Å². The summed E-state index contributed by atoms with van der Waals surface area (Å²) < 4.78 is 11.1. The van der Waals surface area contributed by atoms with Crippen LogP contribution in [0, 0.1) is 0 Å². The van der Waals surface area contributed by atoms with Crippen LogP contribution in [-0.4, -0.2) is 82.5 Å². The van der Waals surface area contributed by atoms with Crippen LogP contribution in [0.2, 0.25) is 0 Å². The number of nitrogens with one attached hydrogen (secondary N) is 1. The molecule has 6 nitrogen and oxygen atoms in total. The molecule has 1 unspecified atom stereocenters. The molecule has 0 amide bonds. The van der Waals surface area contributed by atoms with E-state index < -0.39 is 0 Å². The average Bonchev–Trinajstić information content (AvgIpc) is 2.77. The molecule has 1 N–H and O–H groups in total. The minimum Gasteiger partial charge on any atom is -0.385 e. The Bertz CT molecular complexity index is 617. The molecule has 1 fully saturated rings. The van der Waals surface area contributed by atoms with Crippen molar-refractivity contribution >= 4 is 29.9 Å². The zero-order chi connectivity index (χ0) is 21.8. The first kappa shape index (κ1) is 28.1. The lowest BCUT2D eigenvalue weighted by atomic mass is 10.0. The third kappa shape index (κ3) is 9.63. The number of benzene rings is 1. The zero-order valence-electron chi connectivity index (χ0n) is 20.1. The molecule has 1 atom stereocenters. The summed E-state index contributed by atoms with van der Waals surface area (Å²) >= 11 is 0. The van der Waals surface area contributed by atoms with Crippen molar-refractivity contribution in [2.45, 2.75) is 51.7 Å². The van der Waals surface area contributed by atoms with E-state index in [9.17, 15) is 0 Å². The van der Waals surface area contributed by atoms with Gasteiger partial charge in [0.1, 0.15) is 0 Å². The molecule has 1 saturated heterocycles. The second-order valence-electron chi connectivity index (χ2n) is 8.17. The van der Waals surface area contributed by atoms with Crippen LogP contribution in [0.4, 0.5) is 0 Å². The van der Waals surface area contributed by atoms with Gasteiger partial charge in [-0.05, 0) is 57.8 Å². The Morgan fingerprint density at radius 3 is 2.39 bits per heavy atom. The monoisotopic (exact) mass is 546 g/mol. The van der Waals surface area contributed by atoms with Crippen molar-refractivity contribution in [2.24, 2.45) is 4.99 Å². The SMILES string of the molecule is CCNC(=NCC(c1ccc(CC)cc1)N(C)C)N1CCC(OCCCOC)CC1.I. The fourth-order valence-corrected chi connectivity index (χ4v) is 3.83. The Morgan fingerprint density at radius 1 is 1.16 bits per heavy atom. The maximum absolute atomic E-state index is 6.01. The van der Waals surface area contributed by atoms with Crippen LogP contribution in [-0.2, 0) is 15.9 Å². The van der Waals surface area contributed by atoms with Crippen LogP contribution in [0.15, 0.2) is 29.3 Å². The first-order valence-corrected chi connectivity index (χ1v) is 11.5. The van der Waals surface area contributed by atoms with E-state index in [1.807, 2.05) is 0 Å². The molecule has 31 heavy (non-hydrogen) atoms. The number of likely N-dealkylation sites (N-methyl/N-ethyl adjacent to an activating group) is 1. The van der Waals surface area contributed by atoms with Gasteiger partial charge in [-0.25, -0.2) is 0 Å². The number of rotatable bonds is 11. The lowest BCUT2D eigenvalue weighted by Gasteiger charge is -2.34.